The molecule has 1 aliphatic rings. The molecule has 0 amide bonds. The summed E-state index contributed by atoms with van der Waals surface area (Å²) >= 11 is 1.78. The average Bonchev–Trinajstić information content (AvgIpc) is 2.63. The van der Waals surface area contributed by atoms with Gasteiger partial charge in [0.05, 0.1) is 16.3 Å². The Balaban J connectivity index is 2.35. The first-order valence-corrected chi connectivity index (χ1v) is 7.13. The van der Waals surface area contributed by atoms with E-state index in [1.165, 1.54) is 6.20 Å². The van der Waals surface area contributed by atoms with Crippen LogP contribution in [0, 0.1) is 9.49 Å². The molecule has 1 N–H and O–H groups in total. The minimum Gasteiger partial charge on any atom is -0.363 e. The summed E-state index contributed by atoms with van der Waals surface area (Å²) in [6.07, 6.45) is -1.52. The number of hydrogen-bond acceptors (Lipinski definition) is 4. The standard InChI is InChI=1S/C10H13FIN2O4P/c1-4-6(3-17-19)18-9(7(4)11)14-2-5(12)8(15)13-10(14)16/h2,4,6-7,9H,3,19H2,1H3,(H,13,15,16). The Morgan fingerprint density at radius 3 is 2.95 bits per heavy atom. The van der Waals surface area contributed by atoms with E-state index < -0.39 is 35.7 Å². The van der Waals surface area contributed by atoms with Crippen molar-refractivity contribution >= 4 is 32.1 Å². The first-order valence-electron chi connectivity index (χ1n) is 5.58. The molecule has 106 valence electrons. The third-order valence-electron chi connectivity index (χ3n) is 3.13. The van der Waals surface area contributed by atoms with Crippen molar-refractivity contribution in [2.75, 3.05) is 6.61 Å². The second-order valence-electron chi connectivity index (χ2n) is 4.35. The van der Waals surface area contributed by atoms with Crippen LogP contribution >= 0.6 is 32.1 Å². The fourth-order valence-corrected chi connectivity index (χ4v) is 2.62. The molecule has 0 spiro atoms. The van der Waals surface area contributed by atoms with E-state index in [0.717, 1.165) is 4.57 Å². The second-order valence-corrected chi connectivity index (χ2v) is 5.84. The Morgan fingerprint density at radius 1 is 1.63 bits per heavy atom. The first kappa shape index (κ1) is 15.1. The first-order chi connectivity index (χ1) is 8.95. The number of aromatic amines is 1. The SMILES string of the molecule is CC1C(COP)OC(n2cc(I)c(=O)[nH]c2=O)C1F. The molecule has 19 heavy (non-hydrogen) atoms. The molecule has 1 fully saturated rings. The summed E-state index contributed by atoms with van der Waals surface area (Å²) < 4.78 is 26.0. The molecular formula is C10H13FIN2O4P. The van der Waals surface area contributed by atoms with Gasteiger partial charge in [0.1, 0.15) is 0 Å². The third kappa shape index (κ3) is 2.91. The molecule has 0 radical (unpaired) electrons. The van der Waals surface area contributed by atoms with E-state index >= 15 is 0 Å². The van der Waals surface area contributed by atoms with Crippen molar-refractivity contribution in [2.45, 2.75) is 25.4 Å². The van der Waals surface area contributed by atoms with Crippen LogP contribution in [-0.4, -0.2) is 28.4 Å². The van der Waals surface area contributed by atoms with E-state index in [1.54, 1.807) is 29.5 Å². The Bertz CT molecular complexity index is 577. The van der Waals surface area contributed by atoms with Gasteiger partial charge >= 0.3 is 5.69 Å². The molecule has 0 saturated carbocycles. The Kier molecular flexibility index (Phi) is 4.75. The molecule has 2 rings (SSSR count). The van der Waals surface area contributed by atoms with Crippen molar-refractivity contribution in [1.82, 2.24) is 9.55 Å². The molecule has 5 atom stereocenters. The smallest absolute Gasteiger partial charge is 0.330 e. The molecule has 1 aliphatic heterocycles. The van der Waals surface area contributed by atoms with Crippen LogP contribution in [0.4, 0.5) is 4.39 Å². The van der Waals surface area contributed by atoms with Crippen molar-refractivity contribution in [3.63, 3.8) is 0 Å². The van der Waals surface area contributed by atoms with Crippen LogP contribution in [0.3, 0.4) is 0 Å². The largest absolute Gasteiger partial charge is 0.363 e. The van der Waals surface area contributed by atoms with Crippen molar-refractivity contribution in [1.29, 1.82) is 0 Å². The van der Waals surface area contributed by atoms with Crippen molar-refractivity contribution in [3.8, 4) is 0 Å². The summed E-state index contributed by atoms with van der Waals surface area (Å²) in [4.78, 5) is 25.1. The highest BCUT2D eigenvalue weighted by Crippen LogP contribution is 2.35. The van der Waals surface area contributed by atoms with Gasteiger partial charge < -0.3 is 9.26 Å². The van der Waals surface area contributed by atoms with Crippen LogP contribution in [-0.2, 0) is 9.26 Å². The summed E-state index contributed by atoms with van der Waals surface area (Å²) in [7, 11) is 2.08. The molecule has 5 unspecified atom stereocenters. The van der Waals surface area contributed by atoms with Gasteiger partial charge in [-0.05, 0) is 22.6 Å². The molecule has 0 aromatic carbocycles. The minimum atomic E-state index is -1.34. The number of ether oxygens (including phenoxy) is 1. The maximum atomic E-state index is 14.2. The number of nitrogens with one attached hydrogen (secondary N) is 1. The molecular weight excluding hydrogens is 389 g/mol. The Morgan fingerprint density at radius 2 is 2.32 bits per heavy atom. The predicted molar refractivity (Wildman–Crippen MR) is 77.7 cm³/mol. The molecule has 0 aliphatic carbocycles. The maximum Gasteiger partial charge on any atom is 0.330 e. The zero-order valence-corrected chi connectivity index (χ0v) is 13.3. The van der Waals surface area contributed by atoms with E-state index in [1.807, 2.05) is 0 Å². The minimum absolute atomic E-state index is 0.220. The van der Waals surface area contributed by atoms with Crippen LogP contribution in [0.5, 0.6) is 0 Å². The lowest BCUT2D eigenvalue weighted by Gasteiger charge is -2.16. The molecule has 0 bridgehead atoms. The second kappa shape index (κ2) is 5.99. The highest BCUT2D eigenvalue weighted by molar-refractivity contribution is 14.1. The van der Waals surface area contributed by atoms with Crippen LogP contribution in [0.2, 0.25) is 0 Å². The Hall–Kier alpha value is -0.310. The van der Waals surface area contributed by atoms with Gasteiger partial charge in [0.15, 0.2) is 12.4 Å². The van der Waals surface area contributed by atoms with Gasteiger partial charge in [-0.3, -0.25) is 14.3 Å². The Labute approximate surface area is 124 Å². The third-order valence-corrected chi connectivity index (χ3v) is 4.10. The lowest BCUT2D eigenvalue weighted by molar-refractivity contribution is -0.0359. The van der Waals surface area contributed by atoms with Gasteiger partial charge in [-0.25, -0.2) is 9.18 Å². The van der Waals surface area contributed by atoms with Crippen molar-refractivity contribution in [2.24, 2.45) is 5.92 Å². The van der Waals surface area contributed by atoms with Crippen LogP contribution < -0.4 is 11.2 Å². The van der Waals surface area contributed by atoms with E-state index in [4.69, 9.17) is 9.26 Å². The zero-order valence-electron chi connectivity index (χ0n) is 10.0. The van der Waals surface area contributed by atoms with E-state index in [2.05, 4.69) is 14.5 Å². The molecule has 6 nitrogen and oxygen atoms in total. The summed E-state index contributed by atoms with van der Waals surface area (Å²) in [5.41, 5.74) is -1.18. The van der Waals surface area contributed by atoms with E-state index in [0.29, 0.717) is 3.57 Å². The highest BCUT2D eigenvalue weighted by Gasteiger charge is 2.43. The average molecular weight is 402 g/mol. The van der Waals surface area contributed by atoms with Crippen LogP contribution in [0.1, 0.15) is 13.2 Å². The van der Waals surface area contributed by atoms with Gasteiger partial charge in [-0.15, -0.1) is 0 Å². The number of rotatable bonds is 3. The zero-order chi connectivity index (χ0) is 14.2. The quantitative estimate of drug-likeness (QED) is 0.601. The van der Waals surface area contributed by atoms with Gasteiger partial charge in [0.2, 0.25) is 0 Å². The molecule has 2 heterocycles. The maximum absolute atomic E-state index is 14.2. The molecule has 1 aromatic heterocycles. The number of hydrogen-bond donors (Lipinski definition) is 1. The van der Waals surface area contributed by atoms with Crippen LogP contribution in [0.15, 0.2) is 15.8 Å². The fourth-order valence-electron chi connectivity index (χ4n) is 2.00. The van der Waals surface area contributed by atoms with E-state index in [-0.39, 0.29) is 6.61 Å². The van der Waals surface area contributed by atoms with Gasteiger partial charge in [-0.2, -0.15) is 0 Å². The summed E-state index contributed by atoms with van der Waals surface area (Å²) in [5, 5.41) is 0. The fraction of sp³-hybridized carbons (Fsp3) is 0.600. The van der Waals surface area contributed by atoms with Gasteiger partial charge in [0, 0.05) is 21.6 Å². The number of nitrogens with zero attached hydrogens (tertiary/aromatic N) is 1. The van der Waals surface area contributed by atoms with Crippen molar-refractivity contribution in [3.05, 3.63) is 30.6 Å². The van der Waals surface area contributed by atoms with Gasteiger partial charge in [0.25, 0.3) is 5.56 Å². The summed E-state index contributed by atoms with van der Waals surface area (Å²) in [6.45, 7) is 1.92. The number of aromatic nitrogens is 2. The molecule has 1 saturated heterocycles. The molecule has 1 aromatic rings. The summed E-state index contributed by atoms with van der Waals surface area (Å²) in [6, 6.07) is 0. The monoisotopic (exact) mass is 402 g/mol. The van der Waals surface area contributed by atoms with E-state index in [9.17, 15) is 14.0 Å². The van der Waals surface area contributed by atoms with Gasteiger partial charge in [-0.1, -0.05) is 6.92 Å². The normalized spacial score (nSPS) is 30.7. The lowest BCUT2D eigenvalue weighted by atomic mass is 10.0. The summed E-state index contributed by atoms with van der Waals surface area (Å²) in [5.74, 6) is -0.401. The van der Waals surface area contributed by atoms with Crippen LogP contribution in [0.25, 0.3) is 0 Å². The number of alkyl halides is 1. The lowest BCUT2D eigenvalue weighted by Crippen LogP contribution is -2.36. The predicted octanol–water partition coefficient (Wildman–Crippen LogP) is 0.820. The molecule has 9 heteroatoms. The van der Waals surface area contributed by atoms with Crippen molar-refractivity contribution < 1.29 is 13.7 Å². The highest BCUT2D eigenvalue weighted by atomic mass is 127. The number of halogens is 2. The number of H-pyrrole nitrogens is 1. The topological polar surface area (TPSA) is 73.3 Å².